The molecule has 2 aromatic rings. The van der Waals surface area contributed by atoms with Gasteiger partial charge in [-0.25, -0.2) is 4.99 Å². The molecule has 0 aliphatic carbocycles. The molecule has 0 N–H and O–H groups in total. The van der Waals surface area contributed by atoms with E-state index in [4.69, 9.17) is 4.74 Å². The van der Waals surface area contributed by atoms with Crippen molar-refractivity contribution in [2.45, 2.75) is 19.4 Å². The Morgan fingerprint density at radius 1 is 1.00 bits per heavy atom. The second-order valence-corrected chi connectivity index (χ2v) is 5.31. The minimum atomic E-state index is -0.116. The fourth-order valence-corrected chi connectivity index (χ4v) is 2.05. The molecule has 0 spiro atoms. The van der Waals surface area contributed by atoms with Crippen molar-refractivity contribution in [3.63, 3.8) is 0 Å². The highest BCUT2D eigenvalue weighted by Crippen LogP contribution is 2.22. The number of aliphatic imine (C=N–C) groups is 1. The molecule has 0 saturated carbocycles. The van der Waals surface area contributed by atoms with Crippen LogP contribution in [0, 0.1) is 0 Å². The van der Waals surface area contributed by atoms with E-state index in [9.17, 15) is 0 Å². The normalized spacial score (nSPS) is 16.8. The average Bonchev–Trinajstić information content (AvgIpc) is 2.80. The van der Waals surface area contributed by atoms with E-state index in [0.717, 1.165) is 22.7 Å². The van der Waals surface area contributed by atoms with Gasteiger partial charge in [-0.3, -0.25) is 4.98 Å². The SMILES string of the molecule is CC1(C)COC(c2ccc(-c3ccccn3)cc2)=N1. The van der Waals surface area contributed by atoms with Crippen LogP contribution in [-0.2, 0) is 4.74 Å². The molecule has 0 bridgehead atoms. The van der Waals surface area contributed by atoms with Gasteiger partial charge in [0, 0.05) is 17.3 Å². The lowest BCUT2D eigenvalue weighted by atomic mass is 10.1. The van der Waals surface area contributed by atoms with Gasteiger partial charge < -0.3 is 4.74 Å². The molecule has 0 radical (unpaired) electrons. The quantitative estimate of drug-likeness (QED) is 0.821. The standard InChI is InChI=1S/C16H16N2O/c1-16(2)11-19-15(18-16)13-8-6-12(7-9-13)14-5-3-4-10-17-14/h3-10H,11H2,1-2H3. The van der Waals surface area contributed by atoms with Crippen molar-refractivity contribution in [1.29, 1.82) is 0 Å². The molecule has 1 aliphatic heterocycles. The van der Waals surface area contributed by atoms with Crippen LogP contribution in [0.5, 0.6) is 0 Å². The zero-order chi connectivity index (χ0) is 13.3. The number of hydrogen-bond donors (Lipinski definition) is 0. The Kier molecular flexibility index (Phi) is 2.82. The number of aromatic nitrogens is 1. The predicted molar refractivity (Wildman–Crippen MR) is 76.2 cm³/mol. The van der Waals surface area contributed by atoms with E-state index in [1.165, 1.54) is 0 Å². The van der Waals surface area contributed by atoms with Crippen LogP contribution in [0.1, 0.15) is 19.4 Å². The third-order valence-electron chi connectivity index (χ3n) is 3.06. The van der Waals surface area contributed by atoms with E-state index in [0.29, 0.717) is 6.61 Å². The van der Waals surface area contributed by atoms with Gasteiger partial charge >= 0.3 is 0 Å². The second kappa shape index (κ2) is 4.50. The molecule has 0 atom stereocenters. The molecule has 1 aromatic heterocycles. The van der Waals surface area contributed by atoms with Crippen LogP contribution in [0.15, 0.2) is 53.7 Å². The highest BCUT2D eigenvalue weighted by Gasteiger charge is 2.26. The molecule has 0 unspecified atom stereocenters. The van der Waals surface area contributed by atoms with Crippen molar-refractivity contribution in [3.05, 3.63) is 54.2 Å². The molecule has 0 fully saturated rings. The average molecular weight is 252 g/mol. The lowest BCUT2D eigenvalue weighted by molar-refractivity contribution is 0.279. The molecule has 96 valence electrons. The van der Waals surface area contributed by atoms with Gasteiger partial charge in [-0.05, 0) is 38.1 Å². The first-order valence-corrected chi connectivity index (χ1v) is 6.39. The largest absolute Gasteiger partial charge is 0.475 e. The van der Waals surface area contributed by atoms with E-state index >= 15 is 0 Å². The number of hydrogen-bond acceptors (Lipinski definition) is 3. The van der Waals surface area contributed by atoms with Gasteiger partial charge in [-0.15, -0.1) is 0 Å². The second-order valence-electron chi connectivity index (χ2n) is 5.31. The Bertz CT molecular complexity index is 600. The van der Waals surface area contributed by atoms with Gasteiger partial charge in [0.2, 0.25) is 5.90 Å². The van der Waals surface area contributed by atoms with Crippen LogP contribution in [-0.4, -0.2) is 23.0 Å². The first-order valence-electron chi connectivity index (χ1n) is 6.39. The number of rotatable bonds is 2. The van der Waals surface area contributed by atoms with Crippen LogP contribution >= 0.6 is 0 Å². The molecular formula is C16H16N2O. The number of pyridine rings is 1. The Morgan fingerprint density at radius 2 is 1.74 bits per heavy atom. The van der Waals surface area contributed by atoms with Gasteiger partial charge in [-0.2, -0.15) is 0 Å². The molecule has 0 saturated heterocycles. The van der Waals surface area contributed by atoms with E-state index in [1.54, 1.807) is 6.20 Å². The summed E-state index contributed by atoms with van der Waals surface area (Å²) in [6.07, 6.45) is 1.80. The summed E-state index contributed by atoms with van der Waals surface area (Å²) in [6, 6.07) is 14.1. The summed E-state index contributed by atoms with van der Waals surface area (Å²) in [5.41, 5.74) is 2.98. The maximum atomic E-state index is 5.63. The molecule has 3 heteroatoms. The van der Waals surface area contributed by atoms with E-state index < -0.39 is 0 Å². The minimum absolute atomic E-state index is 0.116. The van der Waals surface area contributed by atoms with Crippen molar-refractivity contribution in [1.82, 2.24) is 4.98 Å². The zero-order valence-corrected chi connectivity index (χ0v) is 11.1. The van der Waals surface area contributed by atoms with Gasteiger partial charge in [0.05, 0.1) is 11.2 Å². The fourth-order valence-electron chi connectivity index (χ4n) is 2.05. The molecule has 2 heterocycles. The van der Waals surface area contributed by atoms with Crippen molar-refractivity contribution in [2.24, 2.45) is 4.99 Å². The molecule has 3 rings (SSSR count). The number of nitrogens with zero attached hydrogens (tertiary/aromatic N) is 2. The fraction of sp³-hybridized carbons (Fsp3) is 0.250. The Balaban J connectivity index is 1.88. The van der Waals surface area contributed by atoms with Crippen LogP contribution in [0.25, 0.3) is 11.3 Å². The van der Waals surface area contributed by atoms with Crippen molar-refractivity contribution in [3.8, 4) is 11.3 Å². The van der Waals surface area contributed by atoms with E-state index in [-0.39, 0.29) is 5.54 Å². The van der Waals surface area contributed by atoms with Gasteiger partial charge in [0.1, 0.15) is 6.61 Å². The summed E-state index contributed by atoms with van der Waals surface area (Å²) in [5.74, 6) is 0.734. The maximum absolute atomic E-state index is 5.63. The lowest BCUT2D eigenvalue weighted by Gasteiger charge is -2.07. The minimum Gasteiger partial charge on any atom is -0.475 e. The number of ether oxygens (including phenoxy) is 1. The topological polar surface area (TPSA) is 34.5 Å². The maximum Gasteiger partial charge on any atom is 0.216 e. The summed E-state index contributed by atoms with van der Waals surface area (Å²) < 4.78 is 5.63. The molecular weight excluding hydrogens is 236 g/mol. The summed E-state index contributed by atoms with van der Waals surface area (Å²) >= 11 is 0. The van der Waals surface area contributed by atoms with Crippen LogP contribution in [0.2, 0.25) is 0 Å². The predicted octanol–water partition coefficient (Wildman–Crippen LogP) is 3.30. The summed E-state index contributed by atoms with van der Waals surface area (Å²) in [6.45, 7) is 4.79. The Hall–Kier alpha value is -2.16. The molecule has 19 heavy (non-hydrogen) atoms. The highest BCUT2D eigenvalue weighted by molar-refractivity contribution is 5.95. The molecule has 0 amide bonds. The van der Waals surface area contributed by atoms with Crippen LogP contribution in [0.4, 0.5) is 0 Å². The van der Waals surface area contributed by atoms with Crippen molar-refractivity contribution < 1.29 is 4.74 Å². The number of benzene rings is 1. The van der Waals surface area contributed by atoms with Crippen molar-refractivity contribution >= 4 is 5.90 Å². The first-order chi connectivity index (χ1) is 9.14. The van der Waals surface area contributed by atoms with Crippen LogP contribution < -0.4 is 0 Å². The third-order valence-corrected chi connectivity index (χ3v) is 3.06. The van der Waals surface area contributed by atoms with E-state index in [1.807, 2.05) is 30.3 Å². The van der Waals surface area contributed by atoms with Gasteiger partial charge in [-0.1, -0.05) is 18.2 Å². The first kappa shape index (κ1) is 11.9. The van der Waals surface area contributed by atoms with E-state index in [2.05, 4.69) is 36.0 Å². The Labute approximate surface area is 113 Å². The summed E-state index contributed by atoms with van der Waals surface area (Å²) in [5, 5.41) is 0. The third kappa shape index (κ3) is 2.50. The van der Waals surface area contributed by atoms with Crippen LogP contribution in [0.3, 0.4) is 0 Å². The molecule has 3 nitrogen and oxygen atoms in total. The molecule has 1 aliphatic rings. The van der Waals surface area contributed by atoms with Gasteiger partial charge in [0.25, 0.3) is 0 Å². The van der Waals surface area contributed by atoms with Gasteiger partial charge in [0.15, 0.2) is 0 Å². The van der Waals surface area contributed by atoms with Crippen molar-refractivity contribution in [2.75, 3.05) is 6.61 Å². The lowest BCUT2D eigenvalue weighted by Crippen LogP contribution is -2.17. The monoisotopic (exact) mass is 252 g/mol. The smallest absolute Gasteiger partial charge is 0.216 e. The summed E-state index contributed by atoms with van der Waals surface area (Å²) in [7, 11) is 0. The highest BCUT2D eigenvalue weighted by atomic mass is 16.5. The Morgan fingerprint density at radius 3 is 2.32 bits per heavy atom. The molecule has 1 aromatic carbocycles. The summed E-state index contributed by atoms with van der Waals surface area (Å²) in [4.78, 5) is 8.91. The zero-order valence-electron chi connectivity index (χ0n) is 11.1.